The molecule has 0 aliphatic carbocycles. The van der Waals surface area contributed by atoms with Crippen molar-refractivity contribution in [1.29, 1.82) is 0 Å². The summed E-state index contributed by atoms with van der Waals surface area (Å²) < 4.78 is 5.28. The monoisotopic (exact) mass is 270 g/mol. The van der Waals surface area contributed by atoms with Crippen LogP contribution in [-0.2, 0) is 16.0 Å². The highest BCUT2D eigenvalue weighted by Gasteiger charge is 2.17. The predicted octanol–water partition coefficient (Wildman–Crippen LogP) is 3.01. The number of amides is 1. The predicted molar refractivity (Wildman–Crippen MR) is 75.1 cm³/mol. The quantitative estimate of drug-likeness (QED) is 0.864. The molecule has 0 spiro atoms. The summed E-state index contributed by atoms with van der Waals surface area (Å²) in [6, 6.07) is 0. The molecule has 4 nitrogen and oxygen atoms in total. The van der Waals surface area contributed by atoms with E-state index in [1.165, 1.54) is 11.3 Å². The van der Waals surface area contributed by atoms with E-state index in [1.807, 2.05) is 13.8 Å². The molecule has 1 heterocycles. The number of hydrogen-bond acceptors (Lipinski definition) is 4. The maximum absolute atomic E-state index is 11.9. The van der Waals surface area contributed by atoms with E-state index in [0.717, 1.165) is 22.1 Å². The van der Waals surface area contributed by atoms with Gasteiger partial charge < -0.3 is 10.1 Å². The molecule has 0 aliphatic rings. The number of nitrogens with one attached hydrogen (secondary N) is 1. The van der Waals surface area contributed by atoms with Crippen molar-refractivity contribution < 1.29 is 9.53 Å². The highest BCUT2D eigenvalue weighted by Crippen LogP contribution is 2.26. The Morgan fingerprint density at radius 1 is 1.44 bits per heavy atom. The summed E-state index contributed by atoms with van der Waals surface area (Å²) in [5, 5.41) is 4.75. The summed E-state index contributed by atoms with van der Waals surface area (Å²) in [5.74, 6) is 0.414. The third kappa shape index (κ3) is 4.38. The van der Waals surface area contributed by atoms with Crippen LogP contribution in [-0.4, -0.2) is 23.6 Å². The number of aromatic nitrogens is 1. The molecule has 1 rings (SSSR count). The molecule has 1 aromatic heterocycles. The van der Waals surface area contributed by atoms with Crippen LogP contribution in [0.1, 0.15) is 38.4 Å². The minimum Gasteiger partial charge on any atom is -0.369 e. The highest BCUT2D eigenvalue weighted by atomic mass is 32.1. The number of nitrogens with zero attached hydrogens (tertiary/aromatic N) is 1. The van der Waals surface area contributed by atoms with Gasteiger partial charge in [-0.15, -0.1) is 11.3 Å². The first-order valence-corrected chi connectivity index (χ1v) is 7.14. The zero-order valence-electron chi connectivity index (χ0n) is 11.7. The van der Waals surface area contributed by atoms with Crippen LogP contribution in [0.3, 0.4) is 0 Å². The summed E-state index contributed by atoms with van der Waals surface area (Å²) >= 11 is 1.52. The van der Waals surface area contributed by atoms with Crippen LogP contribution in [0.25, 0.3) is 0 Å². The molecular weight excluding hydrogens is 248 g/mol. The van der Waals surface area contributed by atoms with Crippen molar-refractivity contribution in [2.45, 2.75) is 47.1 Å². The molecule has 0 aromatic carbocycles. The van der Waals surface area contributed by atoms with Crippen molar-refractivity contribution in [3.05, 3.63) is 10.7 Å². The van der Waals surface area contributed by atoms with Gasteiger partial charge in [-0.3, -0.25) is 4.79 Å². The lowest BCUT2D eigenvalue weighted by atomic mass is 10.1. The molecule has 0 fully saturated rings. The molecular formula is C13H22N2O2S. The Morgan fingerprint density at radius 2 is 2.11 bits per heavy atom. The van der Waals surface area contributed by atoms with E-state index < -0.39 is 6.10 Å². The van der Waals surface area contributed by atoms with E-state index in [4.69, 9.17) is 4.74 Å². The smallest absolute Gasteiger partial charge is 0.253 e. The SMILES string of the molecule is CCO[C@@H](C)C(=O)Nc1sc(C)nc1CC(C)C. The molecule has 18 heavy (non-hydrogen) atoms. The maximum Gasteiger partial charge on any atom is 0.253 e. The van der Waals surface area contributed by atoms with Gasteiger partial charge in [-0.25, -0.2) is 4.98 Å². The summed E-state index contributed by atoms with van der Waals surface area (Å²) in [7, 11) is 0. The molecule has 0 saturated carbocycles. The Morgan fingerprint density at radius 3 is 2.67 bits per heavy atom. The van der Waals surface area contributed by atoms with Gasteiger partial charge in [0.15, 0.2) is 0 Å². The van der Waals surface area contributed by atoms with Crippen molar-refractivity contribution in [2.75, 3.05) is 11.9 Å². The fourth-order valence-corrected chi connectivity index (χ4v) is 2.48. The van der Waals surface area contributed by atoms with Gasteiger partial charge in [0.25, 0.3) is 5.91 Å². The van der Waals surface area contributed by atoms with E-state index in [2.05, 4.69) is 24.1 Å². The number of carbonyl (C=O) groups is 1. The first kappa shape index (κ1) is 15.1. The van der Waals surface area contributed by atoms with Gasteiger partial charge in [0, 0.05) is 6.61 Å². The van der Waals surface area contributed by atoms with E-state index in [1.54, 1.807) is 6.92 Å². The van der Waals surface area contributed by atoms with E-state index in [-0.39, 0.29) is 5.91 Å². The molecule has 5 heteroatoms. The van der Waals surface area contributed by atoms with Crippen LogP contribution in [0, 0.1) is 12.8 Å². The second-order valence-electron chi connectivity index (χ2n) is 4.69. The molecule has 1 aromatic rings. The van der Waals surface area contributed by atoms with Crippen molar-refractivity contribution in [3.8, 4) is 0 Å². The fourth-order valence-electron chi connectivity index (χ4n) is 1.63. The second kappa shape index (κ2) is 6.85. The molecule has 0 unspecified atom stereocenters. The molecule has 0 radical (unpaired) electrons. The third-order valence-corrected chi connectivity index (χ3v) is 3.36. The topological polar surface area (TPSA) is 51.2 Å². The number of ether oxygens (including phenoxy) is 1. The van der Waals surface area contributed by atoms with Crippen LogP contribution in [0.15, 0.2) is 0 Å². The lowest BCUT2D eigenvalue weighted by molar-refractivity contribution is -0.126. The average molecular weight is 270 g/mol. The second-order valence-corrected chi connectivity index (χ2v) is 5.90. The van der Waals surface area contributed by atoms with Gasteiger partial charge in [0.05, 0.1) is 10.7 Å². The van der Waals surface area contributed by atoms with Gasteiger partial charge in [-0.05, 0) is 33.1 Å². The summed E-state index contributed by atoms with van der Waals surface area (Å²) in [4.78, 5) is 16.4. The lowest BCUT2D eigenvalue weighted by Gasteiger charge is -2.12. The Labute approximate surface area is 113 Å². The van der Waals surface area contributed by atoms with Gasteiger partial charge in [0.1, 0.15) is 11.1 Å². The van der Waals surface area contributed by atoms with Crippen LogP contribution in [0.4, 0.5) is 5.00 Å². The Kier molecular flexibility index (Phi) is 5.75. The van der Waals surface area contributed by atoms with Crippen molar-refractivity contribution in [3.63, 3.8) is 0 Å². The Hall–Kier alpha value is -0.940. The number of hydrogen-bond donors (Lipinski definition) is 1. The van der Waals surface area contributed by atoms with E-state index in [0.29, 0.717) is 12.5 Å². The van der Waals surface area contributed by atoms with E-state index >= 15 is 0 Å². The minimum atomic E-state index is -0.427. The first-order valence-electron chi connectivity index (χ1n) is 6.32. The number of thiazole rings is 1. The van der Waals surface area contributed by atoms with Crippen molar-refractivity contribution in [1.82, 2.24) is 4.98 Å². The van der Waals surface area contributed by atoms with Crippen LogP contribution in [0.2, 0.25) is 0 Å². The van der Waals surface area contributed by atoms with Crippen LogP contribution < -0.4 is 5.32 Å². The number of rotatable bonds is 6. The average Bonchev–Trinajstić information content (AvgIpc) is 2.58. The van der Waals surface area contributed by atoms with Gasteiger partial charge in [-0.2, -0.15) is 0 Å². The summed E-state index contributed by atoms with van der Waals surface area (Å²) in [5.41, 5.74) is 0.976. The number of anilines is 1. The zero-order valence-corrected chi connectivity index (χ0v) is 12.6. The molecule has 102 valence electrons. The van der Waals surface area contributed by atoms with Gasteiger partial charge >= 0.3 is 0 Å². The molecule has 1 atom stereocenters. The molecule has 1 N–H and O–H groups in total. The van der Waals surface area contributed by atoms with Crippen molar-refractivity contribution in [2.24, 2.45) is 5.92 Å². The summed E-state index contributed by atoms with van der Waals surface area (Å²) in [6.45, 7) is 10.4. The van der Waals surface area contributed by atoms with Crippen molar-refractivity contribution >= 4 is 22.2 Å². The number of aryl methyl sites for hydroxylation is 1. The molecule has 1 amide bonds. The molecule has 0 aliphatic heterocycles. The minimum absolute atomic E-state index is 0.106. The van der Waals surface area contributed by atoms with Crippen LogP contribution in [0.5, 0.6) is 0 Å². The highest BCUT2D eigenvalue weighted by molar-refractivity contribution is 7.16. The normalized spacial score (nSPS) is 12.8. The zero-order chi connectivity index (χ0) is 13.7. The molecule has 0 saturated heterocycles. The lowest BCUT2D eigenvalue weighted by Crippen LogP contribution is -2.27. The van der Waals surface area contributed by atoms with E-state index in [9.17, 15) is 4.79 Å². The number of carbonyl (C=O) groups excluding carboxylic acids is 1. The fraction of sp³-hybridized carbons (Fsp3) is 0.692. The van der Waals surface area contributed by atoms with Crippen LogP contribution >= 0.6 is 11.3 Å². The first-order chi connectivity index (χ1) is 8.43. The Bertz CT molecular complexity index is 402. The summed E-state index contributed by atoms with van der Waals surface area (Å²) in [6.07, 6.45) is 0.451. The third-order valence-electron chi connectivity index (χ3n) is 2.43. The largest absolute Gasteiger partial charge is 0.369 e. The van der Waals surface area contributed by atoms with Gasteiger partial charge in [0.2, 0.25) is 0 Å². The maximum atomic E-state index is 11.9. The molecule has 0 bridgehead atoms. The Balaban J connectivity index is 2.74. The standard InChI is InChI=1S/C13H22N2O2S/c1-6-17-9(4)12(16)15-13-11(7-8(2)3)14-10(5)18-13/h8-9H,6-7H2,1-5H3,(H,15,16)/t9-/m0/s1. The van der Waals surface area contributed by atoms with Gasteiger partial charge in [-0.1, -0.05) is 13.8 Å².